The van der Waals surface area contributed by atoms with Gasteiger partial charge in [0.1, 0.15) is 0 Å². The van der Waals surface area contributed by atoms with Gasteiger partial charge in [0.05, 0.1) is 0 Å². The second-order valence-electron chi connectivity index (χ2n) is 12.4. The quantitative estimate of drug-likeness (QED) is 0.0980. The summed E-state index contributed by atoms with van der Waals surface area (Å²) in [5.74, 6) is 2.85. The van der Waals surface area contributed by atoms with Crippen LogP contribution >= 0.6 is 0 Å². The third-order valence-corrected chi connectivity index (χ3v) is 8.54. The van der Waals surface area contributed by atoms with Crippen LogP contribution < -0.4 is 0 Å². The molecule has 34 heavy (non-hydrogen) atoms. The number of unbranched alkanes of at least 4 members (excludes halogenated alkanes) is 17. The van der Waals surface area contributed by atoms with E-state index < -0.39 is 0 Å². The summed E-state index contributed by atoms with van der Waals surface area (Å²) in [6.07, 6.45) is 38.1. The van der Waals surface area contributed by atoms with E-state index in [9.17, 15) is 0 Å². The minimum atomic E-state index is 0.935. The Bertz CT molecular complexity index is 359. The van der Waals surface area contributed by atoms with Crippen LogP contribution in [-0.2, 0) is 0 Å². The van der Waals surface area contributed by atoms with E-state index in [-0.39, 0.29) is 0 Å². The molecule has 0 N–H and O–H groups in total. The molecular formula is C34H70. The topological polar surface area (TPSA) is 0 Å². The van der Waals surface area contributed by atoms with Crippen molar-refractivity contribution >= 4 is 0 Å². The Kier molecular flexibility index (Phi) is 27.6. The molecule has 0 rings (SSSR count). The van der Waals surface area contributed by atoms with Crippen molar-refractivity contribution in [1.82, 2.24) is 0 Å². The van der Waals surface area contributed by atoms with Gasteiger partial charge < -0.3 is 0 Å². The summed E-state index contributed by atoms with van der Waals surface area (Å²) in [6, 6.07) is 0. The van der Waals surface area contributed by atoms with Gasteiger partial charge in [0.2, 0.25) is 0 Å². The van der Waals surface area contributed by atoms with Gasteiger partial charge >= 0.3 is 0 Å². The lowest BCUT2D eigenvalue weighted by molar-refractivity contribution is 0.403. The highest BCUT2D eigenvalue weighted by Crippen LogP contribution is 2.21. The zero-order chi connectivity index (χ0) is 25.1. The molecule has 206 valence electrons. The molecule has 0 fully saturated rings. The molecule has 3 unspecified atom stereocenters. The molecule has 0 heteroatoms. The number of rotatable bonds is 28. The van der Waals surface area contributed by atoms with Crippen molar-refractivity contribution in [3.63, 3.8) is 0 Å². The highest BCUT2D eigenvalue weighted by molar-refractivity contribution is 4.59. The largest absolute Gasteiger partial charge is 0.0654 e. The van der Waals surface area contributed by atoms with Gasteiger partial charge in [-0.1, -0.05) is 202 Å². The average molecular weight is 479 g/mol. The van der Waals surface area contributed by atoms with E-state index in [0.717, 1.165) is 17.8 Å². The third-order valence-electron chi connectivity index (χ3n) is 8.54. The first-order valence-corrected chi connectivity index (χ1v) is 16.6. The summed E-state index contributed by atoms with van der Waals surface area (Å²) < 4.78 is 0. The van der Waals surface area contributed by atoms with Crippen molar-refractivity contribution in [3.05, 3.63) is 0 Å². The summed E-state index contributed by atoms with van der Waals surface area (Å²) in [6.45, 7) is 12.0. The smallest absolute Gasteiger partial charge is 0.0443 e. The van der Waals surface area contributed by atoms with Crippen molar-refractivity contribution in [2.45, 2.75) is 202 Å². The molecule has 3 atom stereocenters. The van der Waals surface area contributed by atoms with E-state index in [0.29, 0.717) is 0 Å². The molecule has 0 radical (unpaired) electrons. The molecule has 0 aromatic rings. The van der Waals surface area contributed by atoms with Crippen LogP contribution in [0.1, 0.15) is 202 Å². The van der Waals surface area contributed by atoms with Crippen molar-refractivity contribution < 1.29 is 0 Å². The summed E-state index contributed by atoms with van der Waals surface area (Å²) in [5, 5.41) is 0. The SMILES string of the molecule is CCCCCCCCCCCCCCC(C)CCCCCCCCCC(C)CCCC(C)CC. The molecule has 0 amide bonds. The number of hydrogen-bond donors (Lipinski definition) is 0. The molecule has 0 aromatic heterocycles. The van der Waals surface area contributed by atoms with Crippen LogP contribution in [0.2, 0.25) is 0 Å². The average Bonchev–Trinajstić information content (AvgIpc) is 2.83. The maximum atomic E-state index is 2.50. The molecule has 0 aliphatic heterocycles. The molecule has 0 bridgehead atoms. The first-order chi connectivity index (χ1) is 16.6. The van der Waals surface area contributed by atoms with Crippen LogP contribution in [0.15, 0.2) is 0 Å². The Morgan fingerprint density at radius 2 is 0.559 bits per heavy atom. The maximum absolute atomic E-state index is 2.50. The van der Waals surface area contributed by atoms with Crippen molar-refractivity contribution in [1.29, 1.82) is 0 Å². The Balaban J connectivity index is 3.24. The molecule has 0 saturated carbocycles. The van der Waals surface area contributed by atoms with Gasteiger partial charge in [-0.05, 0) is 17.8 Å². The molecular weight excluding hydrogens is 408 g/mol. The lowest BCUT2D eigenvalue weighted by Crippen LogP contribution is -1.98. The van der Waals surface area contributed by atoms with Crippen LogP contribution in [0.3, 0.4) is 0 Å². The van der Waals surface area contributed by atoms with Crippen LogP contribution in [0.5, 0.6) is 0 Å². The molecule has 0 spiro atoms. The van der Waals surface area contributed by atoms with E-state index in [1.807, 2.05) is 0 Å². The van der Waals surface area contributed by atoms with E-state index in [1.54, 1.807) is 0 Å². The first kappa shape index (κ1) is 34.0. The summed E-state index contributed by atoms with van der Waals surface area (Å²) in [5.41, 5.74) is 0. The fraction of sp³-hybridized carbons (Fsp3) is 1.00. The van der Waals surface area contributed by atoms with Gasteiger partial charge in [0, 0.05) is 0 Å². The van der Waals surface area contributed by atoms with Crippen LogP contribution in [-0.4, -0.2) is 0 Å². The predicted octanol–water partition coefficient (Wildman–Crippen LogP) is 13.1. The van der Waals surface area contributed by atoms with Gasteiger partial charge in [0.25, 0.3) is 0 Å². The predicted molar refractivity (Wildman–Crippen MR) is 159 cm³/mol. The van der Waals surface area contributed by atoms with E-state index in [2.05, 4.69) is 34.6 Å². The molecule has 0 heterocycles. The Hall–Kier alpha value is 0. The highest BCUT2D eigenvalue weighted by atomic mass is 14.1. The van der Waals surface area contributed by atoms with Crippen molar-refractivity contribution in [3.8, 4) is 0 Å². The Morgan fingerprint density at radius 3 is 0.882 bits per heavy atom. The van der Waals surface area contributed by atoms with Crippen LogP contribution in [0.25, 0.3) is 0 Å². The van der Waals surface area contributed by atoms with E-state index in [1.165, 1.54) is 167 Å². The normalized spacial score (nSPS) is 14.4. The molecule has 0 aliphatic rings. The fourth-order valence-corrected chi connectivity index (χ4v) is 5.51. The monoisotopic (exact) mass is 479 g/mol. The standard InChI is InChI=1S/C34H70/c1-6-8-9-10-11-12-13-14-15-17-20-23-27-33(4)28-24-21-18-16-19-22-25-29-34(5)31-26-30-32(3)7-2/h32-34H,6-31H2,1-5H3. The van der Waals surface area contributed by atoms with Crippen LogP contribution in [0.4, 0.5) is 0 Å². The van der Waals surface area contributed by atoms with E-state index >= 15 is 0 Å². The minimum absolute atomic E-state index is 0.935. The highest BCUT2D eigenvalue weighted by Gasteiger charge is 2.05. The molecule has 0 nitrogen and oxygen atoms in total. The number of hydrogen-bond acceptors (Lipinski definition) is 0. The maximum Gasteiger partial charge on any atom is -0.0443 e. The minimum Gasteiger partial charge on any atom is -0.0654 e. The second kappa shape index (κ2) is 27.6. The summed E-state index contributed by atoms with van der Waals surface area (Å²) in [4.78, 5) is 0. The Labute approximate surface area is 219 Å². The van der Waals surface area contributed by atoms with E-state index in [4.69, 9.17) is 0 Å². The molecule has 0 aromatic carbocycles. The lowest BCUT2D eigenvalue weighted by atomic mass is 9.93. The zero-order valence-corrected chi connectivity index (χ0v) is 25.1. The Morgan fingerprint density at radius 1 is 0.294 bits per heavy atom. The second-order valence-corrected chi connectivity index (χ2v) is 12.4. The van der Waals surface area contributed by atoms with Crippen molar-refractivity contribution in [2.24, 2.45) is 17.8 Å². The van der Waals surface area contributed by atoms with Crippen LogP contribution in [0, 0.1) is 17.8 Å². The molecule has 0 aliphatic carbocycles. The zero-order valence-electron chi connectivity index (χ0n) is 25.1. The molecule has 0 saturated heterocycles. The fourth-order valence-electron chi connectivity index (χ4n) is 5.51. The van der Waals surface area contributed by atoms with Crippen molar-refractivity contribution in [2.75, 3.05) is 0 Å². The van der Waals surface area contributed by atoms with Gasteiger partial charge in [-0.25, -0.2) is 0 Å². The first-order valence-electron chi connectivity index (χ1n) is 16.6. The third kappa shape index (κ3) is 26.6. The van der Waals surface area contributed by atoms with Gasteiger partial charge in [-0.2, -0.15) is 0 Å². The summed E-state index contributed by atoms with van der Waals surface area (Å²) >= 11 is 0. The van der Waals surface area contributed by atoms with Gasteiger partial charge in [-0.15, -0.1) is 0 Å². The summed E-state index contributed by atoms with van der Waals surface area (Å²) in [7, 11) is 0. The van der Waals surface area contributed by atoms with Gasteiger partial charge in [0.15, 0.2) is 0 Å². The van der Waals surface area contributed by atoms with Gasteiger partial charge in [-0.3, -0.25) is 0 Å². The lowest BCUT2D eigenvalue weighted by Gasteiger charge is -2.13.